The molecule has 0 amide bonds. The van der Waals surface area contributed by atoms with E-state index >= 15 is 0 Å². The molecule has 0 N–H and O–H groups in total. The molecule has 2 aromatic rings. The second-order valence-corrected chi connectivity index (χ2v) is 8.24. The van der Waals surface area contributed by atoms with Gasteiger partial charge in [0.25, 0.3) is 0 Å². The lowest BCUT2D eigenvalue weighted by Crippen LogP contribution is -2.30. The van der Waals surface area contributed by atoms with Gasteiger partial charge in [-0.3, -0.25) is 0 Å². The Hall–Kier alpha value is -2.04. The Labute approximate surface area is 157 Å². The summed E-state index contributed by atoms with van der Waals surface area (Å²) in [4.78, 5) is 15.1. The number of aromatic nitrogens is 3. The molecule has 1 aromatic carbocycles. The molecular formula is C21H34N4O. The minimum atomic E-state index is -0.0761. The van der Waals surface area contributed by atoms with Gasteiger partial charge in [0.2, 0.25) is 0 Å². The summed E-state index contributed by atoms with van der Waals surface area (Å²) < 4.78 is 3.20. The first-order valence-corrected chi connectivity index (χ1v) is 9.77. The van der Waals surface area contributed by atoms with Crippen molar-refractivity contribution in [1.82, 2.24) is 14.3 Å². The molecule has 0 aliphatic rings. The van der Waals surface area contributed by atoms with Crippen LogP contribution in [0.5, 0.6) is 0 Å². The van der Waals surface area contributed by atoms with Gasteiger partial charge in [0.05, 0.1) is 5.69 Å². The molecular weight excluding hydrogens is 324 g/mol. The lowest BCUT2D eigenvalue weighted by molar-refractivity contribution is 0.223. The summed E-state index contributed by atoms with van der Waals surface area (Å²) in [5, 5.41) is 4.32. The Kier molecular flexibility index (Phi) is 6.68. The molecule has 2 rings (SSSR count). The van der Waals surface area contributed by atoms with Gasteiger partial charge in [0.1, 0.15) is 6.33 Å². The number of nitrogens with zero attached hydrogens (tertiary/aromatic N) is 4. The Bertz CT molecular complexity index is 731. The van der Waals surface area contributed by atoms with Crippen LogP contribution in [0.2, 0.25) is 0 Å². The fraction of sp³-hybridized carbons (Fsp3) is 0.619. The monoisotopic (exact) mass is 358 g/mol. The Morgan fingerprint density at radius 2 is 1.65 bits per heavy atom. The van der Waals surface area contributed by atoms with Gasteiger partial charge in [-0.25, -0.2) is 14.0 Å². The SMILES string of the molecule is CCCN(CCC)c1ccc(-n2cnn(CC(C)C(C)(C)C)c2=O)cc1. The number of rotatable bonds is 8. The van der Waals surface area contributed by atoms with E-state index in [2.05, 4.69) is 63.7 Å². The zero-order valence-corrected chi connectivity index (χ0v) is 17.2. The molecule has 0 aliphatic carbocycles. The zero-order chi connectivity index (χ0) is 19.3. The lowest BCUT2D eigenvalue weighted by atomic mass is 9.82. The van der Waals surface area contributed by atoms with Crippen molar-refractivity contribution in [2.75, 3.05) is 18.0 Å². The summed E-state index contributed by atoms with van der Waals surface area (Å²) in [6, 6.07) is 8.22. The highest BCUT2D eigenvalue weighted by Gasteiger charge is 2.22. The smallest absolute Gasteiger partial charge is 0.350 e. The molecule has 1 aromatic heterocycles. The molecule has 144 valence electrons. The van der Waals surface area contributed by atoms with E-state index in [9.17, 15) is 4.79 Å². The minimum absolute atomic E-state index is 0.0761. The summed E-state index contributed by atoms with van der Waals surface area (Å²) in [5.74, 6) is 0.363. The number of benzene rings is 1. The maximum atomic E-state index is 12.7. The van der Waals surface area contributed by atoms with Crippen molar-refractivity contribution in [1.29, 1.82) is 0 Å². The molecule has 26 heavy (non-hydrogen) atoms. The van der Waals surface area contributed by atoms with Gasteiger partial charge in [0.15, 0.2) is 0 Å². The van der Waals surface area contributed by atoms with Crippen molar-refractivity contribution in [3.63, 3.8) is 0 Å². The average molecular weight is 359 g/mol. The van der Waals surface area contributed by atoms with Crippen LogP contribution in [0.25, 0.3) is 5.69 Å². The highest BCUT2D eigenvalue weighted by Crippen LogP contribution is 2.26. The van der Waals surface area contributed by atoms with Crippen molar-refractivity contribution < 1.29 is 0 Å². The van der Waals surface area contributed by atoms with Gasteiger partial charge in [-0.05, 0) is 48.4 Å². The predicted molar refractivity (Wildman–Crippen MR) is 109 cm³/mol. The minimum Gasteiger partial charge on any atom is -0.372 e. The van der Waals surface area contributed by atoms with E-state index in [-0.39, 0.29) is 11.1 Å². The third kappa shape index (κ3) is 4.77. The fourth-order valence-corrected chi connectivity index (χ4v) is 2.91. The summed E-state index contributed by atoms with van der Waals surface area (Å²) in [6.45, 7) is 15.9. The lowest BCUT2D eigenvalue weighted by Gasteiger charge is -2.26. The van der Waals surface area contributed by atoms with Gasteiger partial charge in [-0.15, -0.1) is 0 Å². The Balaban J connectivity index is 2.21. The van der Waals surface area contributed by atoms with Crippen LogP contribution in [0, 0.1) is 11.3 Å². The first-order chi connectivity index (χ1) is 12.3. The molecule has 5 heteroatoms. The Morgan fingerprint density at radius 1 is 1.08 bits per heavy atom. The molecule has 0 radical (unpaired) electrons. The van der Waals surface area contributed by atoms with Gasteiger partial charge in [-0.2, -0.15) is 5.10 Å². The molecule has 0 fully saturated rings. The van der Waals surface area contributed by atoms with Crippen molar-refractivity contribution in [3.05, 3.63) is 41.1 Å². The van der Waals surface area contributed by atoms with Crippen LogP contribution in [0.4, 0.5) is 5.69 Å². The van der Waals surface area contributed by atoms with Crippen molar-refractivity contribution in [2.24, 2.45) is 11.3 Å². The summed E-state index contributed by atoms with van der Waals surface area (Å²) in [5.41, 5.74) is 2.14. The first kappa shape index (κ1) is 20.3. The van der Waals surface area contributed by atoms with Crippen LogP contribution in [0.1, 0.15) is 54.4 Å². The van der Waals surface area contributed by atoms with E-state index in [1.807, 2.05) is 12.1 Å². The van der Waals surface area contributed by atoms with Crippen LogP contribution in [0.3, 0.4) is 0 Å². The Morgan fingerprint density at radius 3 is 2.15 bits per heavy atom. The third-order valence-electron chi connectivity index (χ3n) is 5.14. The summed E-state index contributed by atoms with van der Waals surface area (Å²) in [6.07, 6.45) is 3.88. The maximum absolute atomic E-state index is 12.7. The zero-order valence-electron chi connectivity index (χ0n) is 17.2. The molecule has 0 spiro atoms. The first-order valence-electron chi connectivity index (χ1n) is 9.77. The predicted octanol–water partition coefficient (Wildman–Crippen LogP) is 4.34. The third-order valence-corrected chi connectivity index (χ3v) is 5.14. The number of hydrogen-bond donors (Lipinski definition) is 0. The number of anilines is 1. The summed E-state index contributed by atoms with van der Waals surface area (Å²) in [7, 11) is 0. The van der Waals surface area contributed by atoms with E-state index in [0.717, 1.165) is 31.6 Å². The van der Waals surface area contributed by atoms with Gasteiger partial charge in [-0.1, -0.05) is 41.5 Å². The van der Waals surface area contributed by atoms with Crippen LogP contribution in [-0.2, 0) is 6.54 Å². The van der Waals surface area contributed by atoms with Gasteiger partial charge in [0, 0.05) is 25.3 Å². The van der Waals surface area contributed by atoms with Crippen molar-refractivity contribution >= 4 is 5.69 Å². The van der Waals surface area contributed by atoms with Crippen LogP contribution in [0.15, 0.2) is 35.4 Å². The average Bonchev–Trinajstić information content (AvgIpc) is 2.95. The quantitative estimate of drug-likeness (QED) is 0.705. The standard InChI is InChI=1S/C21H34N4O/c1-7-13-23(14-8-2)18-9-11-19(12-10-18)24-16-22-25(20(24)26)15-17(3)21(4,5)6/h9-12,16-17H,7-8,13-15H2,1-6H3. The second-order valence-electron chi connectivity index (χ2n) is 8.24. The maximum Gasteiger partial charge on any atom is 0.350 e. The number of hydrogen-bond acceptors (Lipinski definition) is 3. The van der Waals surface area contributed by atoms with E-state index in [4.69, 9.17) is 0 Å². The van der Waals surface area contributed by atoms with E-state index < -0.39 is 0 Å². The van der Waals surface area contributed by atoms with Crippen molar-refractivity contribution in [3.8, 4) is 5.69 Å². The molecule has 1 atom stereocenters. The van der Waals surface area contributed by atoms with Crippen LogP contribution < -0.4 is 10.6 Å². The van der Waals surface area contributed by atoms with Gasteiger partial charge >= 0.3 is 5.69 Å². The molecule has 0 aliphatic heterocycles. The fourth-order valence-electron chi connectivity index (χ4n) is 2.91. The largest absolute Gasteiger partial charge is 0.372 e. The van der Waals surface area contributed by atoms with E-state index in [1.165, 1.54) is 5.69 Å². The molecule has 1 heterocycles. The molecule has 1 unspecified atom stereocenters. The van der Waals surface area contributed by atoms with Crippen molar-refractivity contribution in [2.45, 2.75) is 60.9 Å². The van der Waals surface area contributed by atoms with Crippen LogP contribution in [-0.4, -0.2) is 27.4 Å². The molecule has 0 bridgehead atoms. The van der Waals surface area contributed by atoms with Crippen LogP contribution >= 0.6 is 0 Å². The highest BCUT2D eigenvalue weighted by molar-refractivity contribution is 5.50. The molecule has 0 saturated heterocycles. The van der Waals surface area contributed by atoms with E-state index in [1.54, 1.807) is 15.6 Å². The molecule has 5 nitrogen and oxygen atoms in total. The van der Waals surface area contributed by atoms with Gasteiger partial charge < -0.3 is 4.90 Å². The second kappa shape index (κ2) is 8.56. The highest BCUT2D eigenvalue weighted by atomic mass is 16.2. The molecule has 0 saturated carbocycles. The normalized spacial score (nSPS) is 13.0. The summed E-state index contributed by atoms with van der Waals surface area (Å²) >= 11 is 0. The van der Waals surface area contributed by atoms with E-state index in [0.29, 0.717) is 12.5 Å². The topological polar surface area (TPSA) is 43.1 Å².